The highest BCUT2D eigenvalue weighted by atomic mass is 16.6. The Labute approximate surface area is 141 Å². The largest absolute Gasteiger partial charge is 0.370 e. The second kappa shape index (κ2) is 9.79. The summed E-state index contributed by atoms with van der Waals surface area (Å²) in [4.78, 5) is 27.2. The summed E-state index contributed by atoms with van der Waals surface area (Å²) in [5, 5.41) is 0. The molecule has 0 aromatic carbocycles. The SMILES string of the molecule is CC(CCN=C=O)O[C@@H]1COC2C1OC[C@H]2OC(C)CCN=C=O. The molecule has 0 aromatic rings. The van der Waals surface area contributed by atoms with E-state index in [0.717, 1.165) is 0 Å². The van der Waals surface area contributed by atoms with Gasteiger partial charge in [0.25, 0.3) is 0 Å². The van der Waals surface area contributed by atoms with Crippen LogP contribution >= 0.6 is 0 Å². The molecule has 0 N–H and O–H groups in total. The van der Waals surface area contributed by atoms with Crippen LogP contribution in [0.1, 0.15) is 26.7 Å². The Morgan fingerprint density at radius 3 is 1.71 bits per heavy atom. The van der Waals surface area contributed by atoms with E-state index in [-0.39, 0.29) is 36.6 Å². The quantitative estimate of drug-likeness (QED) is 0.431. The molecule has 0 amide bonds. The molecule has 8 heteroatoms. The van der Waals surface area contributed by atoms with Gasteiger partial charge < -0.3 is 18.9 Å². The van der Waals surface area contributed by atoms with Gasteiger partial charge in [-0.1, -0.05) is 0 Å². The van der Waals surface area contributed by atoms with Gasteiger partial charge in [0.15, 0.2) is 0 Å². The lowest BCUT2D eigenvalue weighted by Crippen LogP contribution is -2.36. The summed E-state index contributed by atoms with van der Waals surface area (Å²) in [6, 6.07) is 0. The van der Waals surface area contributed by atoms with Crippen molar-refractivity contribution >= 4 is 12.2 Å². The number of hydrogen-bond acceptors (Lipinski definition) is 8. The van der Waals surface area contributed by atoms with Crippen LogP contribution in [0.5, 0.6) is 0 Å². The van der Waals surface area contributed by atoms with E-state index in [2.05, 4.69) is 9.98 Å². The van der Waals surface area contributed by atoms with Crippen molar-refractivity contribution in [3.05, 3.63) is 0 Å². The third-order valence-corrected chi connectivity index (χ3v) is 4.20. The molecule has 0 bridgehead atoms. The molecule has 2 rings (SSSR count). The Balaban J connectivity index is 1.76. The normalized spacial score (nSPS) is 30.9. The molecule has 2 saturated heterocycles. The standard InChI is InChI=1S/C16H24N2O6/c1-11(3-5-17-9-19)23-13-7-21-16-14(8-22-15(13)16)24-12(2)4-6-18-10-20/h11-16H,3-8H2,1-2H3/t11?,12?,13-,14-,15?,16?/m1/s1. The first-order valence-electron chi connectivity index (χ1n) is 8.27. The van der Waals surface area contributed by atoms with E-state index in [9.17, 15) is 9.59 Å². The van der Waals surface area contributed by atoms with E-state index in [1.807, 2.05) is 13.8 Å². The van der Waals surface area contributed by atoms with Crippen LogP contribution in [0.2, 0.25) is 0 Å². The van der Waals surface area contributed by atoms with Crippen LogP contribution in [-0.4, -0.2) is 75.1 Å². The van der Waals surface area contributed by atoms with Gasteiger partial charge in [0.2, 0.25) is 12.2 Å². The number of hydrogen-bond donors (Lipinski definition) is 0. The van der Waals surface area contributed by atoms with Crippen molar-refractivity contribution in [1.82, 2.24) is 0 Å². The monoisotopic (exact) mass is 340 g/mol. The lowest BCUT2D eigenvalue weighted by atomic mass is 10.1. The Morgan fingerprint density at radius 1 is 0.917 bits per heavy atom. The van der Waals surface area contributed by atoms with Gasteiger partial charge in [-0.2, -0.15) is 0 Å². The van der Waals surface area contributed by atoms with E-state index < -0.39 is 0 Å². The first-order chi connectivity index (χ1) is 11.7. The highest BCUT2D eigenvalue weighted by Crippen LogP contribution is 2.32. The lowest BCUT2D eigenvalue weighted by molar-refractivity contribution is -0.0821. The maximum absolute atomic E-state index is 10.1. The van der Waals surface area contributed by atoms with Crippen LogP contribution in [0.25, 0.3) is 0 Å². The van der Waals surface area contributed by atoms with Crippen molar-refractivity contribution in [2.45, 2.75) is 63.3 Å². The predicted molar refractivity (Wildman–Crippen MR) is 83.4 cm³/mol. The molecule has 8 nitrogen and oxygen atoms in total. The smallest absolute Gasteiger partial charge is 0.234 e. The van der Waals surface area contributed by atoms with E-state index in [4.69, 9.17) is 18.9 Å². The van der Waals surface area contributed by atoms with Crippen molar-refractivity contribution in [2.75, 3.05) is 26.3 Å². The summed E-state index contributed by atoms with van der Waals surface area (Å²) in [7, 11) is 0. The zero-order valence-electron chi connectivity index (χ0n) is 14.1. The molecule has 0 aliphatic carbocycles. The van der Waals surface area contributed by atoms with Crippen molar-refractivity contribution < 1.29 is 28.5 Å². The van der Waals surface area contributed by atoms with Crippen molar-refractivity contribution in [3.8, 4) is 0 Å². The van der Waals surface area contributed by atoms with Gasteiger partial charge in [0.05, 0.1) is 38.5 Å². The first kappa shape index (κ1) is 18.9. The molecule has 2 aliphatic heterocycles. The third-order valence-electron chi connectivity index (χ3n) is 4.20. The van der Waals surface area contributed by atoms with Crippen LogP contribution in [0.3, 0.4) is 0 Å². The van der Waals surface area contributed by atoms with Crippen molar-refractivity contribution in [3.63, 3.8) is 0 Å². The summed E-state index contributed by atoms with van der Waals surface area (Å²) in [5.74, 6) is 0. The predicted octanol–water partition coefficient (Wildman–Crippen LogP) is 0.783. The Morgan fingerprint density at radius 2 is 1.33 bits per heavy atom. The minimum atomic E-state index is -0.146. The van der Waals surface area contributed by atoms with E-state index in [1.165, 1.54) is 12.2 Å². The van der Waals surface area contributed by atoms with Gasteiger partial charge in [0.1, 0.15) is 24.4 Å². The highest BCUT2D eigenvalue weighted by molar-refractivity contribution is 5.32. The molecule has 2 heterocycles. The molecule has 24 heavy (non-hydrogen) atoms. The summed E-state index contributed by atoms with van der Waals surface area (Å²) >= 11 is 0. The number of nitrogens with zero attached hydrogens (tertiary/aromatic N) is 2. The maximum atomic E-state index is 10.1. The number of carbonyl (C=O) groups excluding carboxylic acids is 2. The molecule has 0 radical (unpaired) electrons. The lowest BCUT2D eigenvalue weighted by Gasteiger charge is -2.22. The van der Waals surface area contributed by atoms with Gasteiger partial charge in [-0.05, 0) is 26.7 Å². The van der Waals surface area contributed by atoms with E-state index in [1.54, 1.807) is 0 Å². The third kappa shape index (κ3) is 5.31. The highest BCUT2D eigenvalue weighted by Gasteiger charge is 2.49. The molecule has 0 spiro atoms. The Hall–Kier alpha value is -1.40. The second-order valence-electron chi connectivity index (χ2n) is 6.09. The first-order valence-corrected chi connectivity index (χ1v) is 8.27. The van der Waals surface area contributed by atoms with Crippen LogP contribution in [-0.2, 0) is 28.5 Å². The Kier molecular flexibility index (Phi) is 7.72. The fraction of sp³-hybridized carbons (Fsp3) is 0.875. The van der Waals surface area contributed by atoms with E-state index >= 15 is 0 Å². The van der Waals surface area contributed by atoms with Crippen molar-refractivity contribution in [1.29, 1.82) is 0 Å². The zero-order chi connectivity index (χ0) is 17.4. The average Bonchev–Trinajstić information content (AvgIpc) is 3.12. The number of ether oxygens (including phenoxy) is 4. The van der Waals surface area contributed by atoms with Crippen LogP contribution < -0.4 is 0 Å². The maximum Gasteiger partial charge on any atom is 0.234 e. The summed E-state index contributed by atoms with van der Waals surface area (Å²) in [6.07, 6.45) is 3.67. The topological polar surface area (TPSA) is 95.8 Å². The minimum Gasteiger partial charge on any atom is -0.370 e. The number of aliphatic imine (C=N–C) groups is 2. The molecule has 2 fully saturated rings. The van der Waals surface area contributed by atoms with Gasteiger partial charge >= 0.3 is 0 Å². The molecule has 6 atom stereocenters. The van der Waals surface area contributed by atoms with Gasteiger partial charge in [-0.15, -0.1) is 0 Å². The van der Waals surface area contributed by atoms with Crippen LogP contribution in [0.4, 0.5) is 0 Å². The molecular formula is C16H24N2O6. The fourth-order valence-electron chi connectivity index (χ4n) is 2.98. The molecule has 4 unspecified atom stereocenters. The molecule has 2 aliphatic rings. The summed E-state index contributed by atoms with van der Waals surface area (Å²) in [6.45, 7) is 5.60. The van der Waals surface area contributed by atoms with Gasteiger partial charge in [0, 0.05) is 0 Å². The summed E-state index contributed by atoms with van der Waals surface area (Å²) < 4.78 is 23.5. The van der Waals surface area contributed by atoms with Gasteiger partial charge in [-0.25, -0.2) is 19.6 Å². The van der Waals surface area contributed by atoms with Gasteiger partial charge in [-0.3, -0.25) is 0 Å². The van der Waals surface area contributed by atoms with E-state index in [0.29, 0.717) is 39.1 Å². The van der Waals surface area contributed by atoms with Crippen molar-refractivity contribution in [2.24, 2.45) is 9.98 Å². The second-order valence-corrected chi connectivity index (χ2v) is 6.09. The number of fused-ring (bicyclic) bond motifs is 1. The average molecular weight is 340 g/mol. The molecule has 0 saturated carbocycles. The van der Waals surface area contributed by atoms with Crippen LogP contribution in [0.15, 0.2) is 9.98 Å². The minimum absolute atomic E-state index is 0.0434. The molecular weight excluding hydrogens is 316 g/mol. The number of rotatable bonds is 10. The van der Waals surface area contributed by atoms with Crippen LogP contribution in [0, 0.1) is 0 Å². The molecule has 0 aromatic heterocycles. The Bertz CT molecular complexity index is 445. The molecule has 134 valence electrons. The number of isocyanates is 2. The zero-order valence-corrected chi connectivity index (χ0v) is 14.1. The fourth-order valence-corrected chi connectivity index (χ4v) is 2.98. The summed E-state index contributed by atoms with van der Waals surface area (Å²) in [5.41, 5.74) is 0.